The number of carbonyl (C=O) groups is 1. The Morgan fingerprint density at radius 3 is 2.39 bits per heavy atom. The van der Waals surface area contributed by atoms with Crippen molar-refractivity contribution in [3.63, 3.8) is 0 Å². The van der Waals surface area contributed by atoms with Crippen LogP contribution in [0.1, 0.15) is 29.9 Å². The van der Waals surface area contributed by atoms with Gasteiger partial charge in [-0.25, -0.2) is 9.07 Å². The molecule has 0 aliphatic carbocycles. The van der Waals surface area contributed by atoms with Crippen LogP contribution in [-0.4, -0.2) is 33.5 Å². The van der Waals surface area contributed by atoms with Gasteiger partial charge in [0.05, 0.1) is 30.3 Å². The van der Waals surface area contributed by atoms with Crippen molar-refractivity contribution in [1.82, 2.24) is 14.3 Å². The first kappa shape index (κ1) is 22.1. The number of benzene rings is 2. The number of nitrogens with one attached hydrogen (secondary N) is 1. The van der Waals surface area contributed by atoms with Crippen LogP contribution in [0, 0.1) is 12.7 Å². The van der Waals surface area contributed by atoms with Crippen LogP contribution in [0.25, 0.3) is 11.5 Å². The quantitative estimate of drug-likeness (QED) is 0.404. The minimum atomic E-state index is -0.348. The van der Waals surface area contributed by atoms with Crippen LogP contribution in [-0.2, 0) is 0 Å². The van der Waals surface area contributed by atoms with Crippen molar-refractivity contribution in [2.24, 2.45) is 0 Å². The van der Waals surface area contributed by atoms with E-state index in [4.69, 9.17) is 9.47 Å². The third-order valence-electron chi connectivity index (χ3n) is 4.99. The van der Waals surface area contributed by atoms with Gasteiger partial charge in [0.2, 0.25) is 0 Å². The van der Waals surface area contributed by atoms with Gasteiger partial charge in [0.25, 0.3) is 5.91 Å². The average Bonchev–Trinajstić information content (AvgIpc) is 3.44. The molecule has 0 atom stereocenters. The number of halogens is 1. The zero-order valence-corrected chi connectivity index (χ0v) is 18.7. The third-order valence-corrected chi connectivity index (χ3v) is 4.99. The summed E-state index contributed by atoms with van der Waals surface area (Å²) >= 11 is 0. The number of nitrogens with zero attached hydrogens (tertiary/aromatic N) is 3. The van der Waals surface area contributed by atoms with E-state index in [0.29, 0.717) is 53.2 Å². The van der Waals surface area contributed by atoms with Crippen molar-refractivity contribution in [1.29, 1.82) is 0 Å². The zero-order chi connectivity index (χ0) is 23.4. The molecule has 33 heavy (non-hydrogen) atoms. The van der Waals surface area contributed by atoms with Gasteiger partial charge in [-0.3, -0.25) is 4.79 Å². The molecule has 2 heterocycles. The van der Waals surface area contributed by atoms with Gasteiger partial charge in [-0.05, 0) is 69.3 Å². The summed E-state index contributed by atoms with van der Waals surface area (Å²) in [5.74, 6) is 1.02. The van der Waals surface area contributed by atoms with E-state index < -0.39 is 0 Å². The summed E-state index contributed by atoms with van der Waals surface area (Å²) in [7, 11) is 0. The molecule has 0 aliphatic rings. The fourth-order valence-electron chi connectivity index (χ4n) is 3.59. The Bertz CT molecular complexity index is 1250. The summed E-state index contributed by atoms with van der Waals surface area (Å²) < 4.78 is 28.2. The van der Waals surface area contributed by atoms with E-state index >= 15 is 0 Å². The Morgan fingerprint density at radius 1 is 1.03 bits per heavy atom. The Kier molecular flexibility index (Phi) is 6.44. The lowest BCUT2D eigenvalue weighted by Crippen LogP contribution is -2.17. The number of rotatable bonds is 8. The predicted molar refractivity (Wildman–Crippen MR) is 124 cm³/mol. The molecule has 0 saturated heterocycles. The van der Waals surface area contributed by atoms with E-state index in [0.717, 1.165) is 0 Å². The van der Waals surface area contributed by atoms with Crippen LogP contribution >= 0.6 is 0 Å². The summed E-state index contributed by atoms with van der Waals surface area (Å²) in [5, 5.41) is 7.55. The molecule has 0 fully saturated rings. The Hall–Kier alpha value is -4.07. The van der Waals surface area contributed by atoms with Crippen molar-refractivity contribution in [2.75, 3.05) is 18.5 Å². The number of aromatic nitrogens is 3. The van der Waals surface area contributed by atoms with Crippen molar-refractivity contribution in [3.05, 3.63) is 84.1 Å². The Morgan fingerprint density at radius 2 is 1.73 bits per heavy atom. The highest BCUT2D eigenvalue weighted by atomic mass is 19.1. The van der Waals surface area contributed by atoms with Gasteiger partial charge in [-0.15, -0.1) is 0 Å². The highest BCUT2D eigenvalue weighted by Gasteiger charge is 2.24. The van der Waals surface area contributed by atoms with Crippen LogP contribution < -0.4 is 14.8 Å². The second-order valence-electron chi connectivity index (χ2n) is 7.24. The number of amides is 1. The maximum absolute atomic E-state index is 13.5. The molecule has 4 aromatic rings. The van der Waals surface area contributed by atoms with Crippen LogP contribution in [0.3, 0.4) is 0 Å². The molecule has 8 heteroatoms. The molecular weight excluding hydrogens is 423 g/mol. The molecule has 0 spiro atoms. The van der Waals surface area contributed by atoms with E-state index in [-0.39, 0.29) is 11.7 Å². The topological polar surface area (TPSA) is 70.3 Å². The first-order valence-corrected chi connectivity index (χ1v) is 10.7. The molecule has 4 rings (SSSR count). The van der Waals surface area contributed by atoms with Gasteiger partial charge < -0.3 is 19.4 Å². The highest BCUT2D eigenvalue weighted by Crippen LogP contribution is 2.31. The van der Waals surface area contributed by atoms with Crippen LogP contribution in [0.15, 0.2) is 67.0 Å². The molecule has 0 radical (unpaired) electrons. The fraction of sp³-hybridized carbons (Fsp3) is 0.200. The van der Waals surface area contributed by atoms with Crippen LogP contribution in [0.4, 0.5) is 10.1 Å². The minimum absolute atomic E-state index is 0.347. The van der Waals surface area contributed by atoms with E-state index in [1.807, 2.05) is 38.4 Å². The van der Waals surface area contributed by atoms with E-state index in [1.165, 1.54) is 12.1 Å². The number of ether oxygens (including phenoxy) is 2. The highest BCUT2D eigenvalue weighted by molar-refractivity contribution is 6.08. The second-order valence-corrected chi connectivity index (χ2v) is 7.24. The molecule has 0 aliphatic heterocycles. The van der Waals surface area contributed by atoms with Crippen molar-refractivity contribution < 1.29 is 18.7 Å². The molecule has 2 aromatic carbocycles. The van der Waals surface area contributed by atoms with Crippen molar-refractivity contribution >= 4 is 11.6 Å². The van der Waals surface area contributed by atoms with Gasteiger partial charge >= 0.3 is 0 Å². The molecule has 0 bridgehead atoms. The standard InChI is InChI=1S/C25H25FN4O3/c1-4-32-20-12-13-22(33-5-2)21(16-20)27-24(31)23-17(3)28-30(19-10-8-18(26)9-11-19)25(23)29-14-6-7-15-29/h6-16H,4-5H2,1-3H3,(H,27,31). The lowest BCUT2D eigenvalue weighted by molar-refractivity contribution is 0.102. The average molecular weight is 448 g/mol. The number of carbonyl (C=O) groups excluding carboxylic acids is 1. The van der Waals surface area contributed by atoms with E-state index in [1.54, 1.807) is 46.5 Å². The number of hydrogen-bond acceptors (Lipinski definition) is 4. The zero-order valence-electron chi connectivity index (χ0n) is 18.7. The molecule has 170 valence electrons. The molecule has 1 N–H and O–H groups in total. The van der Waals surface area contributed by atoms with Gasteiger partial charge in [0, 0.05) is 18.5 Å². The molecular formula is C25H25FN4O3. The summed E-state index contributed by atoms with van der Waals surface area (Å²) in [6.45, 7) is 6.49. The largest absolute Gasteiger partial charge is 0.494 e. The van der Waals surface area contributed by atoms with E-state index in [2.05, 4.69) is 10.4 Å². The maximum atomic E-state index is 13.5. The SMILES string of the molecule is CCOc1ccc(OCC)c(NC(=O)c2c(C)nn(-c3ccc(F)cc3)c2-n2cccc2)c1. The van der Waals surface area contributed by atoms with Gasteiger partial charge in [0.15, 0.2) is 5.82 Å². The van der Waals surface area contributed by atoms with Gasteiger partial charge in [-0.2, -0.15) is 5.10 Å². The molecule has 0 unspecified atom stereocenters. The number of aryl methyl sites for hydroxylation is 1. The predicted octanol–water partition coefficient (Wildman–Crippen LogP) is 5.16. The van der Waals surface area contributed by atoms with Gasteiger partial charge in [-0.1, -0.05) is 0 Å². The van der Waals surface area contributed by atoms with Gasteiger partial charge in [0.1, 0.15) is 22.9 Å². The first-order chi connectivity index (χ1) is 16.0. The molecule has 1 amide bonds. The molecule has 7 nitrogen and oxygen atoms in total. The fourth-order valence-corrected chi connectivity index (χ4v) is 3.59. The Balaban J connectivity index is 1.79. The van der Waals surface area contributed by atoms with Crippen LogP contribution in [0.5, 0.6) is 11.5 Å². The number of hydrogen-bond donors (Lipinski definition) is 1. The Labute approximate surface area is 191 Å². The lowest BCUT2D eigenvalue weighted by atomic mass is 10.2. The van der Waals surface area contributed by atoms with Crippen molar-refractivity contribution in [3.8, 4) is 23.0 Å². The van der Waals surface area contributed by atoms with Crippen molar-refractivity contribution in [2.45, 2.75) is 20.8 Å². The second kappa shape index (κ2) is 9.60. The minimum Gasteiger partial charge on any atom is -0.494 e. The summed E-state index contributed by atoms with van der Waals surface area (Å²) in [6, 6.07) is 15.0. The normalized spacial score (nSPS) is 10.8. The summed E-state index contributed by atoms with van der Waals surface area (Å²) in [6.07, 6.45) is 3.66. The van der Waals surface area contributed by atoms with Crippen LogP contribution in [0.2, 0.25) is 0 Å². The first-order valence-electron chi connectivity index (χ1n) is 10.7. The summed E-state index contributed by atoms with van der Waals surface area (Å²) in [5.41, 5.74) is 2.05. The van der Waals surface area contributed by atoms with E-state index in [9.17, 15) is 9.18 Å². The monoisotopic (exact) mass is 448 g/mol. The smallest absolute Gasteiger partial charge is 0.261 e. The maximum Gasteiger partial charge on any atom is 0.261 e. The molecule has 2 aromatic heterocycles. The lowest BCUT2D eigenvalue weighted by Gasteiger charge is -2.15. The molecule has 0 saturated carbocycles. The summed E-state index contributed by atoms with van der Waals surface area (Å²) in [4.78, 5) is 13.5. The number of anilines is 1. The third kappa shape index (κ3) is 4.59.